The topological polar surface area (TPSA) is 49.3 Å². The predicted octanol–water partition coefficient (Wildman–Crippen LogP) is 1.09. The van der Waals surface area contributed by atoms with Crippen LogP contribution in [-0.2, 0) is 4.79 Å². The van der Waals surface area contributed by atoms with Gasteiger partial charge in [-0.3, -0.25) is 10.1 Å². The van der Waals surface area contributed by atoms with Crippen LogP contribution in [0, 0.1) is 0 Å². The number of hydrogen-bond acceptors (Lipinski definition) is 2. The lowest BCUT2D eigenvalue weighted by Gasteiger charge is -2.24. The summed E-state index contributed by atoms with van der Waals surface area (Å²) in [7, 11) is 0. The standard InChI is InChI=1S/C7H13F2NO2/c1-3-7(2,6(11)12)10-4-5(8)9/h5,10H,3-4H2,1-2H3,(H,11,12). The Morgan fingerprint density at radius 3 is 2.42 bits per heavy atom. The van der Waals surface area contributed by atoms with Crippen LogP contribution >= 0.6 is 0 Å². The molecule has 1 atom stereocenters. The van der Waals surface area contributed by atoms with Crippen molar-refractivity contribution in [2.45, 2.75) is 32.2 Å². The maximum atomic E-state index is 11.7. The number of nitrogens with one attached hydrogen (secondary N) is 1. The molecule has 12 heavy (non-hydrogen) atoms. The van der Waals surface area contributed by atoms with Gasteiger partial charge in [0.2, 0.25) is 0 Å². The Morgan fingerprint density at radius 2 is 2.17 bits per heavy atom. The Balaban J connectivity index is 4.06. The van der Waals surface area contributed by atoms with Crippen molar-refractivity contribution < 1.29 is 18.7 Å². The zero-order valence-electron chi connectivity index (χ0n) is 7.10. The van der Waals surface area contributed by atoms with Crippen LogP contribution in [0.4, 0.5) is 8.78 Å². The molecule has 0 saturated heterocycles. The number of rotatable bonds is 5. The summed E-state index contributed by atoms with van der Waals surface area (Å²) < 4.78 is 23.4. The average Bonchev–Trinajstić information content (AvgIpc) is 1.99. The first-order chi connectivity index (χ1) is 5.42. The lowest BCUT2D eigenvalue weighted by atomic mass is 9.99. The van der Waals surface area contributed by atoms with Gasteiger partial charge in [0.1, 0.15) is 5.54 Å². The fraction of sp³-hybridized carbons (Fsp3) is 0.857. The number of carboxylic acids is 1. The summed E-state index contributed by atoms with van der Waals surface area (Å²) in [6.07, 6.45) is -2.25. The van der Waals surface area contributed by atoms with Gasteiger partial charge in [-0.25, -0.2) is 8.78 Å². The van der Waals surface area contributed by atoms with E-state index in [1.54, 1.807) is 6.92 Å². The lowest BCUT2D eigenvalue weighted by Crippen LogP contribution is -2.50. The maximum Gasteiger partial charge on any atom is 0.323 e. The predicted molar refractivity (Wildman–Crippen MR) is 40.3 cm³/mol. The highest BCUT2D eigenvalue weighted by Crippen LogP contribution is 2.09. The van der Waals surface area contributed by atoms with Crippen LogP contribution in [0.25, 0.3) is 0 Å². The highest BCUT2D eigenvalue weighted by atomic mass is 19.3. The van der Waals surface area contributed by atoms with Crippen LogP contribution in [0.5, 0.6) is 0 Å². The molecule has 0 heterocycles. The third-order valence-electron chi connectivity index (χ3n) is 1.83. The molecule has 2 N–H and O–H groups in total. The van der Waals surface area contributed by atoms with Gasteiger partial charge in [-0.1, -0.05) is 6.92 Å². The molecule has 0 rings (SSSR count). The van der Waals surface area contributed by atoms with Gasteiger partial charge in [0.15, 0.2) is 0 Å². The first-order valence-electron chi connectivity index (χ1n) is 3.69. The molecule has 0 amide bonds. The van der Waals surface area contributed by atoms with Crippen LogP contribution in [0.15, 0.2) is 0 Å². The van der Waals surface area contributed by atoms with Crippen LogP contribution in [0.3, 0.4) is 0 Å². The number of hydrogen-bond donors (Lipinski definition) is 2. The van der Waals surface area contributed by atoms with Crippen molar-refractivity contribution in [1.29, 1.82) is 0 Å². The molecule has 3 nitrogen and oxygen atoms in total. The van der Waals surface area contributed by atoms with E-state index < -0.39 is 24.5 Å². The van der Waals surface area contributed by atoms with E-state index in [0.717, 1.165) is 0 Å². The molecular formula is C7H13F2NO2. The number of aliphatic carboxylic acids is 1. The van der Waals surface area contributed by atoms with E-state index in [2.05, 4.69) is 5.32 Å². The summed E-state index contributed by atoms with van der Waals surface area (Å²) in [5.41, 5.74) is -1.24. The number of alkyl halides is 2. The second-order valence-corrected chi connectivity index (χ2v) is 2.76. The molecule has 0 aromatic heterocycles. The van der Waals surface area contributed by atoms with E-state index >= 15 is 0 Å². The molecule has 1 unspecified atom stereocenters. The minimum Gasteiger partial charge on any atom is -0.480 e. The normalized spacial score (nSPS) is 16.1. The monoisotopic (exact) mass is 181 g/mol. The van der Waals surface area contributed by atoms with E-state index in [-0.39, 0.29) is 6.42 Å². The SMILES string of the molecule is CCC(C)(NCC(F)F)C(=O)O. The van der Waals surface area contributed by atoms with Gasteiger partial charge in [0.05, 0.1) is 6.54 Å². The number of carbonyl (C=O) groups is 1. The number of carboxylic acid groups (broad SMARTS) is 1. The van der Waals surface area contributed by atoms with E-state index in [1.807, 2.05) is 0 Å². The van der Waals surface area contributed by atoms with Crippen molar-refractivity contribution in [3.05, 3.63) is 0 Å². The summed E-state index contributed by atoms with van der Waals surface area (Å²) in [6.45, 7) is 2.43. The molecule has 0 spiro atoms. The minimum atomic E-state index is -2.52. The second kappa shape index (κ2) is 4.35. The van der Waals surface area contributed by atoms with Crippen molar-refractivity contribution in [2.24, 2.45) is 0 Å². The molecule has 0 aliphatic heterocycles. The molecule has 0 bridgehead atoms. The third kappa shape index (κ3) is 3.13. The first kappa shape index (κ1) is 11.3. The molecule has 0 radical (unpaired) electrons. The Hall–Kier alpha value is -0.710. The summed E-state index contributed by atoms with van der Waals surface area (Å²) >= 11 is 0. The quantitative estimate of drug-likeness (QED) is 0.667. The number of halogens is 2. The average molecular weight is 181 g/mol. The highest BCUT2D eigenvalue weighted by molar-refractivity contribution is 5.78. The van der Waals surface area contributed by atoms with Crippen molar-refractivity contribution in [3.63, 3.8) is 0 Å². The van der Waals surface area contributed by atoms with Crippen molar-refractivity contribution >= 4 is 5.97 Å². The first-order valence-corrected chi connectivity index (χ1v) is 3.69. The fourth-order valence-corrected chi connectivity index (χ4v) is 0.654. The fourth-order valence-electron chi connectivity index (χ4n) is 0.654. The van der Waals surface area contributed by atoms with Gasteiger partial charge >= 0.3 is 5.97 Å². The van der Waals surface area contributed by atoms with Crippen LogP contribution < -0.4 is 5.32 Å². The molecule has 5 heteroatoms. The Kier molecular flexibility index (Phi) is 4.09. The molecule has 0 aliphatic carbocycles. The van der Waals surface area contributed by atoms with Crippen LogP contribution in [-0.4, -0.2) is 29.6 Å². The third-order valence-corrected chi connectivity index (χ3v) is 1.83. The molecule has 0 fully saturated rings. The largest absolute Gasteiger partial charge is 0.480 e. The summed E-state index contributed by atoms with van der Waals surface area (Å²) in [6, 6.07) is 0. The van der Waals surface area contributed by atoms with Crippen molar-refractivity contribution in [1.82, 2.24) is 5.32 Å². The molecule has 0 aromatic rings. The smallest absolute Gasteiger partial charge is 0.323 e. The van der Waals surface area contributed by atoms with E-state index in [4.69, 9.17) is 5.11 Å². The summed E-state index contributed by atoms with van der Waals surface area (Å²) in [5.74, 6) is -1.11. The van der Waals surface area contributed by atoms with E-state index in [0.29, 0.717) is 0 Å². The lowest BCUT2D eigenvalue weighted by molar-refractivity contribution is -0.144. The summed E-state index contributed by atoms with van der Waals surface area (Å²) in [4.78, 5) is 10.6. The van der Waals surface area contributed by atoms with Crippen molar-refractivity contribution in [2.75, 3.05) is 6.54 Å². The van der Waals surface area contributed by atoms with E-state index in [1.165, 1.54) is 6.92 Å². The zero-order valence-corrected chi connectivity index (χ0v) is 7.10. The van der Waals surface area contributed by atoms with Crippen LogP contribution in [0.1, 0.15) is 20.3 Å². The van der Waals surface area contributed by atoms with Gasteiger partial charge in [-0.05, 0) is 13.3 Å². The molecule has 0 aliphatic rings. The molecule has 72 valence electrons. The molecule has 0 saturated carbocycles. The summed E-state index contributed by atoms with van der Waals surface area (Å²) in [5, 5.41) is 10.9. The second-order valence-electron chi connectivity index (χ2n) is 2.76. The maximum absolute atomic E-state index is 11.7. The Morgan fingerprint density at radius 1 is 1.67 bits per heavy atom. The van der Waals surface area contributed by atoms with Crippen LogP contribution in [0.2, 0.25) is 0 Å². The van der Waals surface area contributed by atoms with Gasteiger partial charge in [0, 0.05) is 0 Å². The Bertz CT molecular complexity index is 163. The van der Waals surface area contributed by atoms with Gasteiger partial charge in [-0.15, -0.1) is 0 Å². The van der Waals surface area contributed by atoms with E-state index in [9.17, 15) is 13.6 Å². The highest BCUT2D eigenvalue weighted by Gasteiger charge is 2.30. The zero-order chi connectivity index (χ0) is 9.78. The molecule has 0 aromatic carbocycles. The Labute approximate surface area is 69.8 Å². The van der Waals surface area contributed by atoms with Crippen molar-refractivity contribution in [3.8, 4) is 0 Å². The molecular weight excluding hydrogens is 168 g/mol. The minimum absolute atomic E-state index is 0.273. The van der Waals surface area contributed by atoms with Gasteiger partial charge < -0.3 is 5.11 Å². The van der Waals surface area contributed by atoms with Gasteiger partial charge in [0.25, 0.3) is 6.43 Å². The van der Waals surface area contributed by atoms with Gasteiger partial charge in [-0.2, -0.15) is 0 Å².